The topological polar surface area (TPSA) is 72.2 Å². The summed E-state index contributed by atoms with van der Waals surface area (Å²) in [4.78, 5) is 22.7. The Morgan fingerprint density at radius 3 is 2.62 bits per heavy atom. The molecule has 0 aromatic heterocycles. The number of thioether (sulfide) groups is 1. The highest BCUT2D eigenvalue weighted by molar-refractivity contribution is 8.00. The number of nitro benzene ring substituents is 1. The molecule has 0 fully saturated rings. The fraction of sp³-hybridized carbons (Fsp3) is 0.188. The molecule has 138 valence electrons. The van der Waals surface area contributed by atoms with Crippen molar-refractivity contribution in [1.29, 1.82) is 0 Å². The van der Waals surface area contributed by atoms with Crippen LogP contribution in [0.3, 0.4) is 0 Å². The zero-order valence-corrected chi connectivity index (χ0v) is 14.8. The molecule has 0 atom stereocenters. The van der Waals surface area contributed by atoms with Crippen molar-refractivity contribution < 1.29 is 22.9 Å². The molecule has 0 unspecified atom stereocenters. The number of amides is 1. The fourth-order valence-corrected chi connectivity index (χ4v) is 3.06. The summed E-state index contributed by atoms with van der Waals surface area (Å²) in [6.45, 7) is 1.60. The number of nitrogens with one attached hydrogen (secondary N) is 1. The van der Waals surface area contributed by atoms with E-state index in [4.69, 9.17) is 11.6 Å². The lowest BCUT2D eigenvalue weighted by atomic mass is 10.1. The first-order chi connectivity index (χ1) is 12.1. The number of anilines is 1. The normalized spacial score (nSPS) is 11.3. The summed E-state index contributed by atoms with van der Waals surface area (Å²) in [6.07, 6.45) is -4.60. The van der Waals surface area contributed by atoms with Crippen LogP contribution in [0.15, 0.2) is 41.3 Å². The standard InChI is InChI=1S/C16H12ClF3N2O3S/c1-9-3-2-4-13(22(24)25)15(9)21-14(23)8-26-10-5-6-12(17)11(7-10)16(18,19)20/h2-7H,8H2,1H3,(H,21,23). The zero-order chi connectivity index (χ0) is 19.5. The van der Waals surface area contributed by atoms with E-state index in [0.29, 0.717) is 5.56 Å². The van der Waals surface area contributed by atoms with Gasteiger partial charge in [-0.05, 0) is 30.7 Å². The summed E-state index contributed by atoms with van der Waals surface area (Å²) in [5.41, 5.74) is -0.674. The van der Waals surface area contributed by atoms with Crippen molar-refractivity contribution in [3.05, 3.63) is 62.7 Å². The SMILES string of the molecule is Cc1cccc([N+](=O)[O-])c1NC(=O)CSc1ccc(Cl)c(C(F)(F)F)c1. The van der Waals surface area contributed by atoms with Crippen LogP contribution in [-0.2, 0) is 11.0 Å². The Labute approximate surface area is 155 Å². The van der Waals surface area contributed by atoms with Gasteiger partial charge in [-0.2, -0.15) is 13.2 Å². The molecular weight excluding hydrogens is 393 g/mol. The number of alkyl halides is 3. The van der Waals surface area contributed by atoms with E-state index < -0.39 is 27.6 Å². The van der Waals surface area contributed by atoms with E-state index in [0.717, 1.165) is 23.9 Å². The molecule has 0 radical (unpaired) electrons. The molecule has 0 bridgehead atoms. The van der Waals surface area contributed by atoms with E-state index >= 15 is 0 Å². The maximum Gasteiger partial charge on any atom is 0.417 e. The minimum Gasteiger partial charge on any atom is -0.319 e. The third kappa shape index (κ3) is 4.89. The van der Waals surface area contributed by atoms with Gasteiger partial charge in [0.15, 0.2) is 0 Å². The minimum absolute atomic E-state index is 0.0650. The van der Waals surface area contributed by atoms with Gasteiger partial charge in [-0.1, -0.05) is 23.7 Å². The van der Waals surface area contributed by atoms with Crippen molar-refractivity contribution in [2.75, 3.05) is 11.1 Å². The number of rotatable bonds is 5. The molecule has 0 aliphatic carbocycles. The number of carbonyl (C=O) groups is 1. The summed E-state index contributed by atoms with van der Waals surface area (Å²) in [5.74, 6) is -0.791. The summed E-state index contributed by atoms with van der Waals surface area (Å²) < 4.78 is 38.5. The average Bonchev–Trinajstić information content (AvgIpc) is 2.54. The smallest absolute Gasteiger partial charge is 0.319 e. The molecule has 2 rings (SSSR count). The Morgan fingerprint density at radius 1 is 1.31 bits per heavy atom. The van der Waals surface area contributed by atoms with Crippen LogP contribution in [0.4, 0.5) is 24.5 Å². The van der Waals surface area contributed by atoms with Crippen LogP contribution < -0.4 is 5.32 Å². The summed E-state index contributed by atoms with van der Waals surface area (Å²) in [5, 5.41) is 13.0. The molecule has 2 aromatic carbocycles. The first kappa shape index (κ1) is 20.1. The Bertz CT molecular complexity index is 859. The first-order valence-electron chi connectivity index (χ1n) is 7.13. The third-order valence-corrected chi connectivity index (χ3v) is 4.65. The number of carbonyl (C=O) groups excluding carboxylic acids is 1. The second kappa shape index (κ2) is 7.96. The van der Waals surface area contributed by atoms with Crippen LogP contribution >= 0.6 is 23.4 Å². The van der Waals surface area contributed by atoms with E-state index in [2.05, 4.69) is 5.32 Å². The van der Waals surface area contributed by atoms with Gasteiger partial charge in [-0.3, -0.25) is 14.9 Å². The molecule has 1 amide bonds. The number of nitrogens with zero attached hydrogens (tertiary/aromatic N) is 1. The van der Waals surface area contributed by atoms with Gasteiger partial charge in [0, 0.05) is 11.0 Å². The van der Waals surface area contributed by atoms with Crippen LogP contribution in [0, 0.1) is 17.0 Å². The van der Waals surface area contributed by atoms with Crippen molar-refractivity contribution in [3.8, 4) is 0 Å². The average molecular weight is 405 g/mol. The number of para-hydroxylation sites is 1. The van der Waals surface area contributed by atoms with Crippen LogP contribution in [-0.4, -0.2) is 16.6 Å². The van der Waals surface area contributed by atoms with Gasteiger partial charge < -0.3 is 5.32 Å². The monoisotopic (exact) mass is 404 g/mol. The van der Waals surface area contributed by atoms with E-state index in [1.54, 1.807) is 13.0 Å². The van der Waals surface area contributed by atoms with Gasteiger partial charge >= 0.3 is 6.18 Å². The van der Waals surface area contributed by atoms with Gasteiger partial charge in [0.2, 0.25) is 5.91 Å². The first-order valence-corrected chi connectivity index (χ1v) is 8.49. The number of hydrogen-bond donors (Lipinski definition) is 1. The van der Waals surface area contributed by atoms with Crippen LogP contribution in [0.5, 0.6) is 0 Å². The molecular formula is C16H12ClF3N2O3S. The maximum absolute atomic E-state index is 12.8. The molecule has 10 heteroatoms. The lowest BCUT2D eigenvalue weighted by Crippen LogP contribution is -2.16. The van der Waals surface area contributed by atoms with Crippen LogP contribution in [0.1, 0.15) is 11.1 Å². The van der Waals surface area contributed by atoms with Gasteiger partial charge in [0.05, 0.1) is 21.3 Å². The lowest BCUT2D eigenvalue weighted by molar-refractivity contribution is -0.384. The predicted molar refractivity (Wildman–Crippen MR) is 93.6 cm³/mol. The molecule has 0 saturated heterocycles. The maximum atomic E-state index is 12.8. The lowest BCUT2D eigenvalue weighted by Gasteiger charge is -2.11. The number of benzene rings is 2. The second-order valence-corrected chi connectivity index (χ2v) is 6.66. The summed E-state index contributed by atoms with van der Waals surface area (Å²) in [7, 11) is 0. The van der Waals surface area contributed by atoms with Crippen LogP contribution in [0.25, 0.3) is 0 Å². The number of halogens is 4. The number of nitro groups is 1. The van der Waals surface area contributed by atoms with E-state index in [-0.39, 0.29) is 22.0 Å². The van der Waals surface area contributed by atoms with Gasteiger partial charge in [0.1, 0.15) is 5.69 Å². The van der Waals surface area contributed by atoms with Crippen molar-refractivity contribution in [2.24, 2.45) is 0 Å². The van der Waals surface area contributed by atoms with Crippen LogP contribution in [0.2, 0.25) is 5.02 Å². The summed E-state index contributed by atoms with van der Waals surface area (Å²) in [6, 6.07) is 7.68. The minimum atomic E-state index is -4.60. The van der Waals surface area contributed by atoms with Crippen molar-refractivity contribution in [2.45, 2.75) is 18.0 Å². The predicted octanol–water partition coefficient (Wildman–Crippen LogP) is 5.31. The van der Waals surface area contributed by atoms with Gasteiger partial charge in [0.25, 0.3) is 5.69 Å². The Morgan fingerprint density at radius 2 is 2.00 bits per heavy atom. The highest BCUT2D eigenvalue weighted by Crippen LogP contribution is 2.37. The molecule has 2 aromatic rings. The Balaban J connectivity index is 2.10. The molecule has 0 spiro atoms. The number of aryl methyl sites for hydroxylation is 1. The van der Waals surface area contributed by atoms with Crippen molar-refractivity contribution >= 4 is 40.6 Å². The zero-order valence-electron chi connectivity index (χ0n) is 13.3. The highest BCUT2D eigenvalue weighted by atomic mass is 35.5. The van der Waals surface area contributed by atoms with Crippen molar-refractivity contribution in [3.63, 3.8) is 0 Å². The largest absolute Gasteiger partial charge is 0.417 e. The quantitative estimate of drug-likeness (QED) is 0.416. The highest BCUT2D eigenvalue weighted by Gasteiger charge is 2.33. The van der Waals surface area contributed by atoms with Crippen molar-refractivity contribution in [1.82, 2.24) is 0 Å². The molecule has 0 heterocycles. The summed E-state index contributed by atoms with van der Waals surface area (Å²) >= 11 is 6.41. The second-order valence-electron chi connectivity index (χ2n) is 5.20. The Hall–Kier alpha value is -2.26. The molecule has 0 saturated carbocycles. The fourth-order valence-electron chi connectivity index (χ4n) is 2.10. The van der Waals surface area contributed by atoms with E-state index in [9.17, 15) is 28.1 Å². The van der Waals surface area contributed by atoms with E-state index in [1.165, 1.54) is 18.2 Å². The molecule has 0 aliphatic rings. The third-order valence-electron chi connectivity index (χ3n) is 3.33. The molecule has 5 nitrogen and oxygen atoms in total. The van der Waals surface area contributed by atoms with Gasteiger partial charge in [-0.15, -0.1) is 11.8 Å². The van der Waals surface area contributed by atoms with E-state index in [1.807, 2.05) is 0 Å². The Kier molecular flexibility index (Phi) is 6.14. The molecule has 1 N–H and O–H groups in total. The molecule has 26 heavy (non-hydrogen) atoms. The van der Waals surface area contributed by atoms with Gasteiger partial charge in [-0.25, -0.2) is 0 Å². The number of hydrogen-bond acceptors (Lipinski definition) is 4. The molecule has 0 aliphatic heterocycles.